The van der Waals surface area contributed by atoms with Gasteiger partial charge in [-0.1, -0.05) is 6.08 Å². The van der Waals surface area contributed by atoms with Gasteiger partial charge in [0.15, 0.2) is 0 Å². The lowest BCUT2D eigenvalue weighted by Crippen LogP contribution is -2.14. The van der Waals surface area contributed by atoms with Crippen LogP contribution in [0.4, 0.5) is 5.69 Å². The molecule has 0 unspecified atom stereocenters. The number of carboxylic acid groups (broad SMARTS) is 1. The van der Waals surface area contributed by atoms with Crippen LogP contribution in [0.15, 0.2) is 25.0 Å². The van der Waals surface area contributed by atoms with E-state index in [0.29, 0.717) is 0 Å². The van der Waals surface area contributed by atoms with E-state index >= 15 is 0 Å². The van der Waals surface area contributed by atoms with Crippen molar-refractivity contribution in [2.45, 2.75) is 6.54 Å². The molecule has 0 spiro atoms. The van der Waals surface area contributed by atoms with E-state index in [9.17, 15) is 13.2 Å². The van der Waals surface area contributed by atoms with Crippen molar-refractivity contribution in [1.82, 2.24) is 9.78 Å². The average molecular weight is 245 g/mol. The average Bonchev–Trinajstić information content (AvgIpc) is 2.49. The Bertz CT molecular complexity index is 491. The smallest absolute Gasteiger partial charge is 0.325 e. The minimum Gasteiger partial charge on any atom is -0.480 e. The number of hydrogen-bond acceptors (Lipinski definition) is 4. The summed E-state index contributed by atoms with van der Waals surface area (Å²) in [7, 11) is -3.47. The molecule has 0 radical (unpaired) electrons. The highest BCUT2D eigenvalue weighted by atomic mass is 32.2. The summed E-state index contributed by atoms with van der Waals surface area (Å²) in [6.45, 7) is 3.00. The number of carbonyl (C=O) groups is 1. The number of hydrogen-bond donors (Lipinski definition) is 2. The summed E-state index contributed by atoms with van der Waals surface area (Å²) in [5, 5.41) is 12.2. The molecule has 0 aliphatic carbocycles. The highest BCUT2D eigenvalue weighted by molar-refractivity contribution is 7.92. The lowest BCUT2D eigenvalue weighted by atomic mass is 10.6. The van der Waals surface area contributed by atoms with Gasteiger partial charge in [0.05, 0.1) is 17.6 Å². The number of aromatic nitrogens is 2. The van der Waals surface area contributed by atoms with Crippen LogP contribution >= 0.6 is 0 Å². The molecule has 0 saturated carbocycles. The Balaban J connectivity index is 2.72. The molecular weight excluding hydrogens is 234 g/mol. The molecule has 0 atom stereocenters. The summed E-state index contributed by atoms with van der Waals surface area (Å²) in [4.78, 5) is 10.4. The van der Waals surface area contributed by atoms with Crippen molar-refractivity contribution in [1.29, 1.82) is 0 Å². The lowest BCUT2D eigenvalue weighted by molar-refractivity contribution is -0.137. The second-order valence-corrected chi connectivity index (χ2v) is 4.76. The number of anilines is 1. The molecule has 16 heavy (non-hydrogen) atoms. The van der Waals surface area contributed by atoms with E-state index in [0.717, 1.165) is 4.68 Å². The number of nitrogens with zero attached hydrogens (tertiary/aromatic N) is 2. The predicted octanol–water partition coefficient (Wildman–Crippen LogP) is -0.105. The number of aliphatic carboxylic acids is 1. The van der Waals surface area contributed by atoms with E-state index in [1.54, 1.807) is 0 Å². The summed E-state index contributed by atoms with van der Waals surface area (Å²) in [6.07, 6.45) is 3.79. The van der Waals surface area contributed by atoms with Crippen LogP contribution in [0.1, 0.15) is 0 Å². The monoisotopic (exact) mass is 245 g/mol. The molecule has 1 aromatic rings. The van der Waals surface area contributed by atoms with E-state index in [2.05, 4.69) is 16.4 Å². The Morgan fingerprint density at radius 1 is 1.69 bits per heavy atom. The molecule has 0 aliphatic heterocycles. The fraction of sp³-hybridized carbons (Fsp3) is 0.250. The first-order chi connectivity index (χ1) is 7.43. The molecule has 1 heterocycles. The summed E-state index contributed by atoms with van der Waals surface area (Å²) in [6, 6.07) is 0. The second kappa shape index (κ2) is 4.79. The van der Waals surface area contributed by atoms with E-state index in [-0.39, 0.29) is 18.0 Å². The van der Waals surface area contributed by atoms with E-state index < -0.39 is 16.0 Å². The summed E-state index contributed by atoms with van der Waals surface area (Å²) < 4.78 is 25.9. The fourth-order valence-corrected chi connectivity index (χ4v) is 1.88. The van der Waals surface area contributed by atoms with Gasteiger partial charge in [0.1, 0.15) is 6.54 Å². The van der Waals surface area contributed by atoms with Crippen molar-refractivity contribution < 1.29 is 18.3 Å². The molecular formula is C8H11N3O4S. The number of sulfonamides is 1. The van der Waals surface area contributed by atoms with Crippen molar-refractivity contribution >= 4 is 21.7 Å². The molecule has 1 rings (SSSR count). The molecule has 8 heteroatoms. The highest BCUT2D eigenvalue weighted by Gasteiger charge is 2.09. The maximum absolute atomic E-state index is 11.3. The fourth-order valence-electron chi connectivity index (χ4n) is 1.02. The molecule has 7 nitrogen and oxygen atoms in total. The predicted molar refractivity (Wildman–Crippen MR) is 57.5 cm³/mol. The van der Waals surface area contributed by atoms with E-state index in [4.69, 9.17) is 5.11 Å². The van der Waals surface area contributed by atoms with Gasteiger partial charge in [0.25, 0.3) is 0 Å². The largest absolute Gasteiger partial charge is 0.480 e. The maximum Gasteiger partial charge on any atom is 0.325 e. The van der Waals surface area contributed by atoms with Crippen molar-refractivity contribution in [2.24, 2.45) is 0 Å². The first kappa shape index (κ1) is 12.2. The van der Waals surface area contributed by atoms with Gasteiger partial charge in [-0.3, -0.25) is 14.2 Å². The van der Waals surface area contributed by atoms with Crippen LogP contribution in [-0.2, 0) is 21.4 Å². The standard InChI is InChI=1S/C8H11N3O4S/c1-2-3-16(14,15)10-7-4-9-11(5-7)6-8(12)13/h2,4-5,10H,1,3,6H2,(H,12,13). The van der Waals surface area contributed by atoms with Crippen molar-refractivity contribution in [3.8, 4) is 0 Å². The quantitative estimate of drug-likeness (QED) is 0.681. The SMILES string of the molecule is C=CCS(=O)(=O)Nc1cnn(CC(=O)O)c1. The van der Waals surface area contributed by atoms with E-state index in [1.165, 1.54) is 18.5 Å². The maximum atomic E-state index is 11.3. The Morgan fingerprint density at radius 2 is 2.38 bits per heavy atom. The summed E-state index contributed by atoms with van der Waals surface area (Å²) in [5.74, 6) is -1.26. The Morgan fingerprint density at radius 3 is 2.94 bits per heavy atom. The molecule has 0 aliphatic rings. The Hall–Kier alpha value is -1.83. The molecule has 0 saturated heterocycles. The molecule has 88 valence electrons. The van der Waals surface area contributed by atoms with Crippen molar-refractivity contribution in [2.75, 3.05) is 10.5 Å². The second-order valence-electron chi connectivity index (χ2n) is 2.99. The van der Waals surface area contributed by atoms with E-state index in [1.807, 2.05) is 0 Å². The topological polar surface area (TPSA) is 101 Å². The molecule has 0 aromatic carbocycles. The third-order valence-corrected chi connectivity index (χ3v) is 2.76. The number of rotatable bonds is 6. The molecule has 0 fully saturated rings. The normalized spacial score (nSPS) is 11.0. The highest BCUT2D eigenvalue weighted by Crippen LogP contribution is 2.07. The zero-order valence-corrected chi connectivity index (χ0v) is 9.14. The van der Waals surface area contributed by atoms with Crippen LogP contribution in [-0.4, -0.2) is 35.0 Å². The van der Waals surface area contributed by atoms with Gasteiger partial charge in [-0.2, -0.15) is 5.10 Å². The van der Waals surface area contributed by atoms with Gasteiger partial charge in [0.2, 0.25) is 10.0 Å². The summed E-state index contributed by atoms with van der Waals surface area (Å²) in [5.41, 5.74) is 0.225. The van der Waals surface area contributed by atoms with Crippen molar-refractivity contribution in [3.63, 3.8) is 0 Å². The van der Waals surface area contributed by atoms with Crippen LogP contribution in [0, 0.1) is 0 Å². The van der Waals surface area contributed by atoms with Gasteiger partial charge in [0, 0.05) is 6.20 Å². The molecule has 2 N–H and O–H groups in total. The van der Waals surface area contributed by atoms with Crippen LogP contribution in [0.5, 0.6) is 0 Å². The molecule has 0 bridgehead atoms. The molecule has 1 aromatic heterocycles. The third kappa shape index (κ3) is 3.73. The van der Waals surface area contributed by atoms with Crippen LogP contribution < -0.4 is 4.72 Å². The molecule has 0 amide bonds. The van der Waals surface area contributed by atoms with Gasteiger partial charge in [-0.15, -0.1) is 6.58 Å². The lowest BCUT2D eigenvalue weighted by Gasteiger charge is -2.01. The minimum atomic E-state index is -3.47. The van der Waals surface area contributed by atoms with Gasteiger partial charge < -0.3 is 5.11 Å². The van der Waals surface area contributed by atoms with Gasteiger partial charge in [-0.05, 0) is 0 Å². The van der Waals surface area contributed by atoms with Crippen LogP contribution in [0.3, 0.4) is 0 Å². The minimum absolute atomic E-state index is 0.211. The van der Waals surface area contributed by atoms with Gasteiger partial charge >= 0.3 is 5.97 Å². The van der Waals surface area contributed by atoms with Crippen molar-refractivity contribution in [3.05, 3.63) is 25.0 Å². The summed E-state index contributed by atoms with van der Waals surface area (Å²) >= 11 is 0. The zero-order valence-electron chi connectivity index (χ0n) is 8.33. The number of nitrogens with one attached hydrogen (secondary N) is 1. The Kier molecular flexibility index (Phi) is 3.67. The first-order valence-electron chi connectivity index (χ1n) is 4.28. The third-order valence-electron chi connectivity index (χ3n) is 1.54. The van der Waals surface area contributed by atoms with Crippen LogP contribution in [0.25, 0.3) is 0 Å². The van der Waals surface area contributed by atoms with Crippen LogP contribution in [0.2, 0.25) is 0 Å². The Labute approximate surface area is 92.4 Å². The first-order valence-corrected chi connectivity index (χ1v) is 5.94. The van der Waals surface area contributed by atoms with Gasteiger partial charge in [-0.25, -0.2) is 8.42 Å². The number of carboxylic acids is 1. The zero-order chi connectivity index (χ0) is 12.2.